The second-order valence-corrected chi connectivity index (χ2v) is 6.14. The number of aryl methyl sites for hydroxylation is 2. The van der Waals surface area contributed by atoms with Gasteiger partial charge < -0.3 is 5.32 Å². The lowest BCUT2D eigenvalue weighted by molar-refractivity contribution is 0.883. The van der Waals surface area contributed by atoms with Crippen molar-refractivity contribution in [3.8, 4) is 5.69 Å². The summed E-state index contributed by atoms with van der Waals surface area (Å²) in [4.78, 5) is 0. The maximum Gasteiger partial charge on any atom is 0.152 e. The van der Waals surface area contributed by atoms with Crippen molar-refractivity contribution in [3.05, 3.63) is 71.9 Å². The molecule has 3 nitrogen and oxygen atoms in total. The number of benzene rings is 2. The molecule has 0 atom stereocenters. The van der Waals surface area contributed by atoms with Crippen LogP contribution in [-0.2, 0) is 12.8 Å². The molecule has 0 aliphatic heterocycles. The number of para-hydroxylation sites is 1. The molecule has 0 saturated carbocycles. The van der Waals surface area contributed by atoms with Crippen molar-refractivity contribution in [2.24, 2.45) is 0 Å². The van der Waals surface area contributed by atoms with Crippen molar-refractivity contribution in [1.82, 2.24) is 9.78 Å². The Balaban J connectivity index is 1.81. The van der Waals surface area contributed by atoms with Crippen molar-refractivity contribution < 1.29 is 0 Å². The van der Waals surface area contributed by atoms with Gasteiger partial charge in [0, 0.05) is 18.0 Å². The Hall–Kier alpha value is -2.55. The van der Waals surface area contributed by atoms with Gasteiger partial charge in [-0.25, -0.2) is 4.68 Å². The van der Waals surface area contributed by atoms with E-state index in [1.54, 1.807) is 0 Å². The first-order chi connectivity index (χ1) is 11.8. The predicted molar refractivity (Wildman–Crippen MR) is 101 cm³/mol. The number of nitrogens with zero attached hydrogens (tertiary/aromatic N) is 2. The highest BCUT2D eigenvalue weighted by molar-refractivity contribution is 5.58. The number of nitrogens with one attached hydrogen (secondary N) is 1. The highest BCUT2D eigenvalue weighted by Crippen LogP contribution is 2.21. The van der Waals surface area contributed by atoms with Gasteiger partial charge in [-0.3, -0.25) is 0 Å². The first kappa shape index (κ1) is 16.3. The Bertz CT molecular complexity index is 751. The van der Waals surface area contributed by atoms with Crippen molar-refractivity contribution in [3.63, 3.8) is 0 Å². The van der Waals surface area contributed by atoms with Crippen LogP contribution in [0.2, 0.25) is 0 Å². The molecule has 0 unspecified atom stereocenters. The summed E-state index contributed by atoms with van der Waals surface area (Å²) in [7, 11) is 0. The van der Waals surface area contributed by atoms with Crippen LogP contribution >= 0.6 is 0 Å². The van der Waals surface area contributed by atoms with Gasteiger partial charge in [0.15, 0.2) is 5.82 Å². The van der Waals surface area contributed by atoms with E-state index in [1.165, 1.54) is 11.1 Å². The second kappa shape index (κ2) is 7.82. The number of aromatic nitrogens is 2. The number of anilines is 2. The molecule has 1 N–H and O–H groups in total. The molecule has 0 fully saturated rings. The number of rotatable bonds is 7. The molecule has 2 aromatic carbocycles. The Morgan fingerprint density at radius 1 is 0.875 bits per heavy atom. The minimum Gasteiger partial charge on any atom is -0.339 e. The van der Waals surface area contributed by atoms with E-state index in [2.05, 4.69) is 54.6 Å². The van der Waals surface area contributed by atoms with Gasteiger partial charge in [-0.05, 0) is 48.2 Å². The lowest BCUT2D eigenvalue weighted by Crippen LogP contribution is -1.98. The van der Waals surface area contributed by atoms with Gasteiger partial charge in [0.05, 0.1) is 5.69 Å². The Labute approximate surface area is 144 Å². The van der Waals surface area contributed by atoms with Crippen LogP contribution in [0.5, 0.6) is 0 Å². The molecular weight excluding hydrogens is 294 g/mol. The van der Waals surface area contributed by atoms with Gasteiger partial charge in [-0.1, -0.05) is 51.0 Å². The standard InChI is InChI=1S/C21H25N3/c1-3-8-17-14-18(9-4-2)16-19(15-17)22-21-12-13-24(23-21)20-10-6-5-7-11-20/h5-7,10-16H,3-4,8-9H2,1-2H3,(H,22,23). The smallest absolute Gasteiger partial charge is 0.152 e. The Morgan fingerprint density at radius 3 is 2.17 bits per heavy atom. The fourth-order valence-corrected chi connectivity index (χ4v) is 2.96. The molecule has 0 radical (unpaired) electrons. The van der Waals surface area contributed by atoms with Crippen LogP contribution in [0.15, 0.2) is 60.8 Å². The molecule has 1 aromatic heterocycles. The van der Waals surface area contributed by atoms with Crippen LogP contribution in [0.4, 0.5) is 11.5 Å². The van der Waals surface area contributed by atoms with E-state index in [0.29, 0.717) is 0 Å². The molecule has 3 heteroatoms. The lowest BCUT2D eigenvalue weighted by atomic mass is 10.0. The molecule has 24 heavy (non-hydrogen) atoms. The maximum atomic E-state index is 4.63. The minimum atomic E-state index is 0.870. The third-order valence-corrected chi connectivity index (χ3v) is 4.01. The fourth-order valence-electron chi connectivity index (χ4n) is 2.96. The van der Waals surface area contributed by atoms with E-state index in [0.717, 1.165) is 42.9 Å². The van der Waals surface area contributed by atoms with Gasteiger partial charge in [-0.2, -0.15) is 5.10 Å². The van der Waals surface area contributed by atoms with Gasteiger partial charge in [0.25, 0.3) is 0 Å². The normalized spacial score (nSPS) is 10.8. The zero-order valence-corrected chi connectivity index (χ0v) is 14.5. The third kappa shape index (κ3) is 4.05. The number of hydrogen-bond donors (Lipinski definition) is 1. The largest absolute Gasteiger partial charge is 0.339 e. The molecule has 0 amide bonds. The van der Waals surface area contributed by atoms with Crippen molar-refractivity contribution >= 4 is 11.5 Å². The quantitative estimate of drug-likeness (QED) is 0.621. The average Bonchev–Trinajstić information content (AvgIpc) is 3.05. The Morgan fingerprint density at radius 2 is 1.54 bits per heavy atom. The van der Waals surface area contributed by atoms with Crippen LogP contribution in [-0.4, -0.2) is 9.78 Å². The fraction of sp³-hybridized carbons (Fsp3) is 0.286. The van der Waals surface area contributed by atoms with Crippen LogP contribution in [0, 0.1) is 0 Å². The molecule has 3 aromatic rings. The summed E-state index contributed by atoms with van der Waals surface area (Å²) >= 11 is 0. The van der Waals surface area contributed by atoms with E-state index < -0.39 is 0 Å². The Kier molecular flexibility index (Phi) is 5.32. The lowest BCUT2D eigenvalue weighted by Gasteiger charge is -2.10. The monoisotopic (exact) mass is 319 g/mol. The van der Waals surface area contributed by atoms with E-state index in [4.69, 9.17) is 0 Å². The van der Waals surface area contributed by atoms with Gasteiger partial charge in [-0.15, -0.1) is 0 Å². The first-order valence-electron chi connectivity index (χ1n) is 8.79. The molecule has 0 spiro atoms. The highest BCUT2D eigenvalue weighted by atomic mass is 15.3. The molecule has 0 bridgehead atoms. The van der Waals surface area contributed by atoms with E-state index in [9.17, 15) is 0 Å². The van der Waals surface area contributed by atoms with E-state index in [1.807, 2.05) is 35.1 Å². The summed E-state index contributed by atoms with van der Waals surface area (Å²) in [6.45, 7) is 4.45. The maximum absolute atomic E-state index is 4.63. The topological polar surface area (TPSA) is 29.9 Å². The molecule has 0 aliphatic carbocycles. The summed E-state index contributed by atoms with van der Waals surface area (Å²) in [5.74, 6) is 0.870. The minimum absolute atomic E-state index is 0.870. The first-order valence-corrected chi connectivity index (χ1v) is 8.79. The van der Waals surface area contributed by atoms with E-state index >= 15 is 0 Å². The van der Waals surface area contributed by atoms with Gasteiger partial charge >= 0.3 is 0 Å². The summed E-state index contributed by atoms with van der Waals surface area (Å²) < 4.78 is 1.89. The summed E-state index contributed by atoms with van der Waals surface area (Å²) in [6, 6.07) is 19.0. The van der Waals surface area contributed by atoms with Crippen molar-refractivity contribution in [2.75, 3.05) is 5.32 Å². The van der Waals surface area contributed by atoms with Crippen LogP contribution in [0.1, 0.15) is 37.8 Å². The molecule has 3 rings (SSSR count). The van der Waals surface area contributed by atoms with E-state index in [-0.39, 0.29) is 0 Å². The molecular formula is C21H25N3. The zero-order chi connectivity index (χ0) is 16.8. The molecule has 0 aliphatic rings. The zero-order valence-electron chi connectivity index (χ0n) is 14.5. The SMILES string of the molecule is CCCc1cc(CCC)cc(Nc2ccn(-c3ccccc3)n2)c1. The summed E-state index contributed by atoms with van der Waals surface area (Å²) in [5, 5.41) is 8.09. The highest BCUT2D eigenvalue weighted by Gasteiger charge is 2.04. The summed E-state index contributed by atoms with van der Waals surface area (Å²) in [5.41, 5.74) is 4.99. The molecule has 1 heterocycles. The van der Waals surface area contributed by atoms with Gasteiger partial charge in [0.1, 0.15) is 0 Å². The summed E-state index contributed by atoms with van der Waals surface area (Å²) in [6.07, 6.45) is 6.55. The second-order valence-electron chi connectivity index (χ2n) is 6.14. The third-order valence-electron chi connectivity index (χ3n) is 4.01. The van der Waals surface area contributed by atoms with Crippen LogP contribution in [0.3, 0.4) is 0 Å². The van der Waals surface area contributed by atoms with Crippen molar-refractivity contribution in [2.45, 2.75) is 39.5 Å². The average molecular weight is 319 g/mol. The number of hydrogen-bond acceptors (Lipinski definition) is 2. The van der Waals surface area contributed by atoms with Crippen molar-refractivity contribution in [1.29, 1.82) is 0 Å². The van der Waals surface area contributed by atoms with Crippen LogP contribution < -0.4 is 5.32 Å². The molecule has 0 saturated heterocycles. The molecule has 124 valence electrons. The predicted octanol–water partition coefficient (Wildman–Crippen LogP) is 5.52. The van der Waals surface area contributed by atoms with Gasteiger partial charge in [0.2, 0.25) is 0 Å². The van der Waals surface area contributed by atoms with Crippen LogP contribution in [0.25, 0.3) is 5.69 Å².